The van der Waals surface area contributed by atoms with Gasteiger partial charge in [0.25, 0.3) is 0 Å². The molecule has 1 heterocycles. The summed E-state index contributed by atoms with van der Waals surface area (Å²) in [5.41, 5.74) is 1.80. The van der Waals surface area contributed by atoms with Crippen molar-refractivity contribution in [3.63, 3.8) is 0 Å². The zero-order valence-electron chi connectivity index (χ0n) is 10.3. The van der Waals surface area contributed by atoms with Crippen molar-refractivity contribution in [2.45, 2.75) is 12.8 Å². The first-order valence-corrected chi connectivity index (χ1v) is 5.86. The standard InChI is InChI=1S/C15H15NO2/c1-18-14-7-4-12(5-8-14)6-9-15(17)13-3-2-10-16-11-13/h2-5,7-8,10-11H,6,9H2,1H3. The highest BCUT2D eigenvalue weighted by Crippen LogP contribution is 2.13. The number of aryl methyl sites for hydroxylation is 1. The molecular formula is C15H15NO2. The minimum atomic E-state index is 0.124. The second kappa shape index (κ2) is 5.96. The van der Waals surface area contributed by atoms with Crippen molar-refractivity contribution in [3.8, 4) is 5.75 Å². The highest BCUT2D eigenvalue weighted by Gasteiger charge is 2.05. The summed E-state index contributed by atoms with van der Waals surface area (Å²) in [4.78, 5) is 15.8. The summed E-state index contributed by atoms with van der Waals surface area (Å²) in [7, 11) is 1.64. The van der Waals surface area contributed by atoms with Crippen LogP contribution in [0.2, 0.25) is 0 Å². The van der Waals surface area contributed by atoms with E-state index in [2.05, 4.69) is 4.98 Å². The summed E-state index contributed by atoms with van der Waals surface area (Å²) in [5.74, 6) is 0.955. The number of carbonyl (C=O) groups is 1. The Morgan fingerprint density at radius 2 is 2.00 bits per heavy atom. The topological polar surface area (TPSA) is 39.2 Å². The fourth-order valence-electron chi connectivity index (χ4n) is 1.72. The van der Waals surface area contributed by atoms with Crippen LogP contribution >= 0.6 is 0 Å². The molecule has 0 N–H and O–H groups in total. The van der Waals surface area contributed by atoms with Gasteiger partial charge in [-0.2, -0.15) is 0 Å². The molecule has 0 spiro atoms. The van der Waals surface area contributed by atoms with Gasteiger partial charge in [-0.1, -0.05) is 12.1 Å². The largest absolute Gasteiger partial charge is 0.497 e. The summed E-state index contributed by atoms with van der Waals surface area (Å²) in [6, 6.07) is 11.3. The lowest BCUT2D eigenvalue weighted by Gasteiger charge is -2.03. The zero-order chi connectivity index (χ0) is 12.8. The van der Waals surface area contributed by atoms with Gasteiger partial charge in [0.1, 0.15) is 5.75 Å². The van der Waals surface area contributed by atoms with E-state index in [1.165, 1.54) is 0 Å². The first-order valence-electron chi connectivity index (χ1n) is 5.86. The lowest BCUT2D eigenvalue weighted by molar-refractivity contribution is 0.0982. The number of methoxy groups -OCH3 is 1. The van der Waals surface area contributed by atoms with Crippen LogP contribution in [0.15, 0.2) is 48.8 Å². The molecule has 0 bridgehead atoms. The molecule has 0 fully saturated rings. The smallest absolute Gasteiger partial charge is 0.164 e. The molecule has 0 aliphatic heterocycles. The Labute approximate surface area is 106 Å². The van der Waals surface area contributed by atoms with Gasteiger partial charge in [0.2, 0.25) is 0 Å². The number of rotatable bonds is 5. The number of carbonyl (C=O) groups excluding carboxylic acids is 1. The van der Waals surface area contributed by atoms with E-state index in [9.17, 15) is 4.79 Å². The molecule has 0 aliphatic rings. The van der Waals surface area contributed by atoms with E-state index in [4.69, 9.17) is 4.74 Å². The minimum absolute atomic E-state index is 0.124. The van der Waals surface area contributed by atoms with Gasteiger partial charge in [0, 0.05) is 24.4 Å². The van der Waals surface area contributed by atoms with E-state index in [1.54, 1.807) is 31.6 Å². The molecule has 1 aromatic carbocycles. The highest BCUT2D eigenvalue weighted by molar-refractivity contribution is 5.95. The van der Waals surface area contributed by atoms with Gasteiger partial charge in [-0.3, -0.25) is 9.78 Å². The molecule has 0 radical (unpaired) electrons. The molecule has 0 amide bonds. The Kier molecular flexibility index (Phi) is 4.07. The van der Waals surface area contributed by atoms with E-state index in [0.29, 0.717) is 12.0 Å². The van der Waals surface area contributed by atoms with Gasteiger partial charge in [-0.05, 0) is 36.2 Å². The van der Waals surface area contributed by atoms with Crippen molar-refractivity contribution in [3.05, 3.63) is 59.9 Å². The average Bonchev–Trinajstić information content (AvgIpc) is 2.46. The molecule has 18 heavy (non-hydrogen) atoms. The van der Waals surface area contributed by atoms with Crippen LogP contribution in [-0.2, 0) is 6.42 Å². The minimum Gasteiger partial charge on any atom is -0.497 e. The summed E-state index contributed by atoms with van der Waals surface area (Å²) < 4.78 is 5.09. The third-order valence-electron chi connectivity index (χ3n) is 2.78. The summed E-state index contributed by atoms with van der Waals surface area (Å²) in [6.07, 6.45) is 4.51. The molecule has 0 unspecified atom stereocenters. The van der Waals surface area contributed by atoms with Crippen molar-refractivity contribution >= 4 is 5.78 Å². The predicted octanol–water partition coefficient (Wildman–Crippen LogP) is 2.91. The lowest BCUT2D eigenvalue weighted by atomic mass is 10.0. The van der Waals surface area contributed by atoms with Crippen molar-refractivity contribution < 1.29 is 9.53 Å². The maximum absolute atomic E-state index is 11.9. The van der Waals surface area contributed by atoms with E-state index < -0.39 is 0 Å². The zero-order valence-corrected chi connectivity index (χ0v) is 10.3. The molecule has 2 rings (SSSR count). The number of nitrogens with zero attached hydrogens (tertiary/aromatic N) is 1. The molecule has 0 atom stereocenters. The quantitative estimate of drug-likeness (QED) is 0.755. The Morgan fingerprint density at radius 1 is 1.22 bits per heavy atom. The number of ether oxygens (including phenoxy) is 1. The van der Waals surface area contributed by atoms with Crippen LogP contribution in [0.1, 0.15) is 22.3 Å². The second-order valence-corrected chi connectivity index (χ2v) is 4.01. The van der Waals surface area contributed by atoms with Crippen LogP contribution in [0.3, 0.4) is 0 Å². The lowest BCUT2D eigenvalue weighted by Crippen LogP contribution is -2.01. The average molecular weight is 241 g/mol. The Hall–Kier alpha value is -2.16. The second-order valence-electron chi connectivity index (χ2n) is 4.01. The van der Waals surface area contributed by atoms with Gasteiger partial charge in [-0.15, -0.1) is 0 Å². The fraction of sp³-hybridized carbons (Fsp3) is 0.200. The van der Waals surface area contributed by atoms with E-state index in [1.807, 2.05) is 24.3 Å². The van der Waals surface area contributed by atoms with Gasteiger partial charge in [0.15, 0.2) is 5.78 Å². The Bertz CT molecular complexity index is 506. The molecule has 0 aliphatic carbocycles. The van der Waals surface area contributed by atoms with Gasteiger partial charge >= 0.3 is 0 Å². The van der Waals surface area contributed by atoms with Crippen LogP contribution in [0, 0.1) is 0 Å². The number of hydrogen-bond acceptors (Lipinski definition) is 3. The molecule has 92 valence electrons. The molecule has 0 saturated heterocycles. The number of hydrogen-bond donors (Lipinski definition) is 0. The van der Waals surface area contributed by atoms with Crippen molar-refractivity contribution in [2.24, 2.45) is 0 Å². The first kappa shape index (κ1) is 12.3. The van der Waals surface area contributed by atoms with E-state index in [-0.39, 0.29) is 5.78 Å². The number of ketones is 1. The maximum Gasteiger partial charge on any atom is 0.164 e. The van der Waals surface area contributed by atoms with E-state index in [0.717, 1.165) is 17.7 Å². The van der Waals surface area contributed by atoms with Gasteiger partial charge in [0.05, 0.1) is 7.11 Å². The SMILES string of the molecule is COc1ccc(CCC(=O)c2cccnc2)cc1. The Morgan fingerprint density at radius 3 is 2.61 bits per heavy atom. The van der Waals surface area contributed by atoms with Crippen molar-refractivity contribution in [2.75, 3.05) is 7.11 Å². The number of aromatic nitrogens is 1. The summed E-state index contributed by atoms with van der Waals surface area (Å²) >= 11 is 0. The van der Waals surface area contributed by atoms with Gasteiger partial charge in [-0.25, -0.2) is 0 Å². The number of pyridine rings is 1. The van der Waals surface area contributed by atoms with Crippen LogP contribution in [0.25, 0.3) is 0 Å². The third kappa shape index (κ3) is 3.17. The molecule has 1 aromatic heterocycles. The number of Topliss-reactive ketones (excluding diaryl/α,β-unsaturated/α-hetero) is 1. The highest BCUT2D eigenvalue weighted by atomic mass is 16.5. The monoisotopic (exact) mass is 241 g/mol. The number of benzene rings is 1. The molecule has 2 aromatic rings. The summed E-state index contributed by atoms with van der Waals surface area (Å²) in [5, 5.41) is 0. The van der Waals surface area contributed by atoms with E-state index >= 15 is 0 Å². The Balaban J connectivity index is 1.93. The first-order chi connectivity index (χ1) is 8.79. The predicted molar refractivity (Wildman–Crippen MR) is 69.9 cm³/mol. The van der Waals surface area contributed by atoms with Gasteiger partial charge < -0.3 is 4.74 Å². The molecule has 0 saturated carbocycles. The maximum atomic E-state index is 11.9. The van der Waals surface area contributed by atoms with Crippen molar-refractivity contribution in [1.82, 2.24) is 4.98 Å². The molecule has 3 nitrogen and oxygen atoms in total. The van der Waals surface area contributed by atoms with Crippen LogP contribution in [0.5, 0.6) is 5.75 Å². The van der Waals surface area contributed by atoms with Crippen LogP contribution in [0.4, 0.5) is 0 Å². The normalized spacial score (nSPS) is 10.1. The molecular weight excluding hydrogens is 226 g/mol. The molecule has 3 heteroatoms. The van der Waals surface area contributed by atoms with Crippen molar-refractivity contribution in [1.29, 1.82) is 0 Å². The fourth-order valence-corrected chi connectivity index (χ4v) is 1.72. The van der Waals surface area contributed by atoms with Crippen LogP contribution in [-0.4, -0.2) is 17.9 Å². The summed E-state index contributed by atoms with van der Waals surface area (Å²) in [6.45, 7) is 0. The third-order valence-corrected chi connectivity index (χ3v) is 2.78. The van der Waals surface area contributed by atoms with Crippen LogP contribution < -0.4 is 4.74 Å².